The lowest BCUT2D eigenvalue weighted by Gasteiger charge is -2.41. The molecule has 0 aromatic heterocycles. The van der Waals surface area contributed by atoms with Crippen LogP contribution in [0.5, 0.6) is 17.2 Å². The molecule has 0 saturated carbocycles. The largest absolute Gasteiger partial charge is 0.487 e. The smallest absolute Gasteiger partial charge is 0.241 e. The molecule has 2 aliphatic heterocycles. The highest BCUT2D eigenvalue weighted by molar-refractivity contribution is 7.89. The van der Waals surface area contributed by atoms with Crippen LogP contribution in [0, 0.1) is 0 Å². The Morgan fingerprint density at radius 3 is 2.46 bits per heavy atom. The van der Waals surface area contributed by atoms with Crippen LogP contribution in [-0.2, 0) is 10.0 Å². The Labute approximate surface area is 165 Å². The van der Waals surface area contributed by atoms with E-state index in [1.54, 1.807) is 12.1 Å². The summed E-state index contributed by atoms with van der Waals surface area (Å²) in [5.74, 6) is 1.77. The molecule has 0 aliphatic carbocycles. The van der Waals surface area contributed by atoms with Crippen molar-refractivity contribution >= 4 is 10.0 Å². The highest BCUT2D eigenvalue weighted by atomic mass is 32.2. The van der Waals surface area contributed by atoms with E-state index >= 15 is 0 Å². The number of hydrogen-bond acceptors (Lipinski definition) is 5. The van der Waals surface area contributed by atoms with Gasteiger partial charge in [0.1, 0.15) is 24.6 Å². The van der Waals surface area contributed by atoms with Gasteiger partial charge < -0.3 is 14.2 Å². The van der Waals surface area contributed by atoms with Crippen molar-refractivity contribution in [2.24, 2.45) is 0 Å². The lowest BCUT2D eigenvalue weighted by molar-refractivity contribution is 0.0260. The molecule has 0 amide bonds. The molecular weight excluding hydrogens is 378 g/mol. The lowest BCUT2D eigenvalue weighted by atomic mass is 9.84. The SMILES string of the molecule is CCC1(CC)C[C@H](NS(=O)(=O)c2ccc3c(c2)OCCO3)c2ccccc2O1. The first kappa shape index (κ1) is 19.1. The molecule has 2 aromatic carbocycles. The van der Waals surface area contributed by atoms with Crippen LogP contribution < -0.4 is 18.9 Å². The molecule has 0 fully saturated rings. The van der Waals surface area contributed by atoms with Crippen LogP contribution in [0.2, 0.25) is 0 Å². The minimum atomic E-state index is -3.74. The average molecular weight is 404 g/mol. The Bertz CT molecular complexity index is 969. The van der Waals surface area contributed by atoms with E-state index in [2.05, 4.69) is 18.6 Å². The Kier molecular flexibility index (Phi) is 4.97. The first-order valence-electron chi connectivity index (χ1n) is 9.66. The Balaban J connectivity index is 1.67. The molecule has 28 heavy (non-hydrogen) atoms. The summed E-state index contributed by atoms with van der Waals surface area (Å²) in [5.41, 5.74) is 0.482. The van der Waals surface area contributed by atoms with Crippen molar-refractivity contribution in [3.05, 3.63) is 48.0 Å². The van der Waals surface area contributed by atoms with Crippen molar-refractivity contribution in [1.29, 1.82) is 0 Å². The van der Waals surface area contributed by atoms with Gasteiger partial charge in [-0.2, -0.15) is 0 Å². The second-order valence-corrected chi connectivity index (χ2v) is 8.93. The van der Waals surface area contributed by atoms with Crippen molar-refractivity contribution in [3.63, 3.8) is 0 Å². The van der Waals surface area contributed by atoms with Gasteiger partial charge in [0.25, 0.3) is 0 Å². The maximum absolute atomic E-state index is 13.1. The van der Waals surface area contributed by atoms with Crippen molar-refractivity contribution in [3.8, 4) is 17.2 Å². The zero-order valence-corrected chi connectivity index (χ0v) is 16.9. The van der Waals surface area contributed by atoms with Crippen molar-refractivity contribution in [1.82, 2.24) is 4.72 Å². The number of hydrogen-bond donors (Lipinski definition) is 1. The molecule has 0 spiro atoms. The van der Waals surface area contributed by atoms with Gasteiger partial charge in [-0.3, -0.25) is 0 Å². The van der Waals surface area contributed by atoms with Crippen LogP contribution in [0.15, 0.2) is 47.4 Å². The van der Waals surface area contributed by atoms with Gasteiger partial charge in [-0.05, 0) is 31.0 Å². The monoisotopic (exact) mass is 403 g/mol. The summed E-state index contributed by atoms with van der Waals surface area (Å²) in [6, 6.07) is 12.0. The number of rotatable bonds is 5. The number of ether oxygens (including phenoxy) is 3. The van der Waals surface area contributed by atoms with E-state index in [0.717, 1.165) is 24.2 Å². The molecular formula is C21H25NO5S. The van der Waals surface area contributed by atoms with E-state index in [4.69, 9.17) is 14.2 Å². The quantitative estimate of drug-likeness (QED) is 0.822. The van der Waals surface area contributed by atoms with Crippen LogP contribution in [0.1, 0.15) is 44.7 Å². The number of para-hydroxylation sites is 1. The van der Waals surface area contributed by atoms with Crippen LogP contribution in [-0.4, -0.2) is 27.2 Å². The van der Waals surface area contributed by atoms with Crippen molar-refractivity contribution < 1.29 is 22.6 Å². The molecule has 2 aromatic rings. The van der Waals surface area contributed by atoms with E-state index in [1.807, 2.05) is 24.3 Å². The number of nitrogens with one attached hydrogen (secondary N) is 1. The molecule has 2 heterocycles. The van der Waals surface area contributed by atoms with Gasteiger partial charge in [0.15, 0.2) is 11.5 Å². The first-order valence-corrected chi connectivity index (χ1v) is 11.1. The molecule has 1 atom stereocenters. The summed E-state index contributed by atoms with van der Waals surface area (Å²) >= 11 is 0. The van der Waals surface area contributed by atoms with E-state index in [1.165, 1.54) is 6.07 Å². The normalized spacial score (nSPS) is 20.1. The third-order valence-corrected chi connectivity index (χ3v) is 7.08. The maximum Gasteiger partial charge on any atom is 0.241 e. The molecule has 0 radical (unpaired) electrons. The van der Waals surface area contributed by atoms with Crippen LogP contribution >= 0.6 is 0 Å². The Hall–Kier alpha value is -2.25. The zero-order chi connectivity index (χ0) is 19.8. The minimum Gasteiger partial charge on any atom is -0.487 e. The lowest BCUT2D eigenvalue weighted by Crippen LogP contribution is -2.44. The Morgan fingerprint density at radius 2 is 1.71 bits per heavy atom. The van der Waals surface area contributed by atoms with E-state index in [-0.39, 0.29) is 16.5 Å². The van der Waals surface area contributed by atoms with Gasteiger partial charge in [0.2, 0.25) is 10.0 Å². The van der Waals surface area contributed by atoms with Gasteiger partial charge in [-0.15, -0.1) is 0 Å². The molecule has 6 nitrogen and oxygen atoms in total. The zero-order valence-electron chi connectivity index (χ0n) is 16.1. The number of benzene rings is 2. The highest BCUT2D eigenvalue weighted by Gasteiger charge is 2.40. The third-order valence-electron chi connectivity index (χ3n) is 5.61. The summed E-state index contributed by atoms with van der Waals surface area (Å²) in [4.78, 5) is 0.166. The second-order valence-electron chi connectivity index (χ2n) is 7.21. The minimum absolute atomic E-state index is 0.166. The number of fused-ring (bicyclic) bond motifs is 2. The van der Waals surface area contributed by atoms with Crippen molar-refractivity contribution in [2.75, 3.05) is 13.2 Å². The van der Waals surface area contributed by atoms with Gasteiger partial charge in [0.05, 0.1) is 10.9 Å². The summed E-state index contributed by atoms with van der Waals surface area (Å²) < 4.78 is 46.5. The van der Waals surface area contributed by atoms with E-state index in [9.17, 15) is 8.42 Å². The molecule has 4 rings (SSSR count). The summed E-state index contributed by atoms with van der Waals surface area (Å²) in [6.45, 7) is 5.02. The van der Waals surface area contributed by atoms with Gasteiger partial charge >= 0.3 is 0 Å². The van der Waals surface area contributed by atoms with E-state index in [0.29, 0.717) is 31.1 Å². The predicted octanol–water partition coefficient (Wildman–Crippen LogP) is 3.82. The summed E-state index contributed by atoms with van der Waals surface area (Å²) in [5, 5.41) is 0. The van der Waals surface area contributed by atoms with Gasteiger partial charge in [0, 0.05) is 18.1 Å². The van der Waals surface area contributed by atoms with Crippen molar-refractivity contribution in [2.45, 2.75) is 49.6 Å². The highest BCUT2D eigenvalue weighted by Crippen LogP contribution is 2.43. The summed E-state index contributed by atoms with van der Waals surface area (Å²) in [6.07, 6.45) is 2.20. The number of sulfonamides is 1. The van der Waals surface area contributed by atoms with Crippen LogP contribution in [0.25, 0.3) is 0 Å². The molecule has 0 bridgehead atoms. The fourth-order valence-electron chi connectivity index (χ4n) is 3.85. The molecule has 2 aliphatic rings. The first-order chi connectivity index (χ1) is 13.5. The standard InChI is InChI=1S/C21H25NO5S/c1-3-21(4-2)14-17(16-7-5-6-8-18(16)27-21)22-28(23,24)15-9-10-19-20(13-15)26-12-11-25-19/h5-10,13,17,22H,3-4,11-12,14H2,1-2H3/t17-/m0/s1. The van der Waals surface area contributed by atoms with Crippen LogP contribution in [0.3, 0.4) is 0 Å². The van der Waals surface area contributed by atoms with Crippen LogP contribution in [0.4, 0.5) is 0 Å². The molecule has 1 N–H and O–H groups in total. The third kappa shape index (κ3) is 3.44. The molecule has 7 heteroatoms. The molecule has 0 saturated heterocycles. The topological polar surface area (TPSA) is 73.9 Å². The second kappa shape index (κ2) is 7.29. The van der Waals surface area contributed by atoms with E-state index < -0.39 is 10.0 Å². The fraction of sp³-hybridized carbons (Fsp3) is 0.429. The Morgan fingerprint density at radius 1 is 1.00 bits per heavy atom. The molecule has 150 valence electrons. The maximum atomic E-state index is 13.1. The molecule has 0 unspecified atom stereocenters. The van der Waals surface area contributed by atoms with Gasteiger partial charge in [-0.25, -0.2) is 13.1 Å². The average Bonchev–Trinajstić information content (AvgIpc) is 2.73. The van der Waals surface area contributed by atoms with Gasteiger partial charge in [-0.1, -0.05) is 32.0 Å². The predicted molar refractivity (Wildman–Crippen MR) is 105 cm³/mol. The fourth-order valence-corrected chi connectivity index (χ4v) is 5.08. The summed E-state index contributed by atoms with van der Waals surface area (Å²) in [7, 11) is -3.74.